The Balaban J connectivity index is 2.19. The van der Waals surface area contributed by atoms with Crippen molar-refractivity contribution in [1.29, 1.82) is 0 Å². The van der Waals surface area contributed by atoms with Gasteiger partial charge in [0, 0.05) is 28.7 Å². The second-order valence-electron chi connectivity index (χ2n) is 5.84. The van der Waals surface area contributed by atoms with E-state index < -0.39 is 0 Å². The molecule has 0 spiro atoms. The zero-order valence-corrected chi connectivity index (χ0v) is 13.5. The molecule has 1 aromatic heterocycles. The third-order valence-corrected chi connectivity index (χ3v) is 3.99. The first-order valence-electron chi connectivity index (χ1n) is 7.91. The van der Waals surface area contributed by atoms with Crippen molar-refractivity contribution >= 4 is 16.6 Å². The topological polar surface area (TPSA) is 27.8 Å². The number of hydrogen-bond acceptors (Lipinski definition) is 1. The first-order chi connectivity index (χ1) is 11.1. The maximum Gasteiger partial charge on any atom is 0.123 e. The van der Waals surface area contributed by atoms with Crippen LogP contribution < -0.4 is 5.32 Å². The van der Waals surface area contributed by atoms with E-state index in [1.54, 1.807) is 12.1 Å². The Hall–Kier alpha value is -2.55. The van der Waals surface area contributed by atoms with E-state index >= 15 is 0 Å². The summed E-state index contributed by atoms with van der Waals surface area (Å²) in [6, 6.07) is 13.1. The van der Waals surface area contributed by atoms with Crippen LogP contribution in [0.1, 0.15) is 24.5 Å². The SMILES string of the molecule is C=C(NCCC)c1c(-c2ccc(C)cc2)[nH]c2ccc(F)cc12. The Labute approximate surface area is 136 Å². The first-order valence-corrected chi connectivity index (χ1v) is 7.91. The predicted octanol–water partition coefficient (Wildman–Crippen LogP) is 5.25. The molecular formula is C20H21FN2. The van der Waals surface area contributed by atoms with Crippen molar-refractivity contribution in [2.24, 2.45) is 0 Å². The zero-order chi connectivity index (χ0) is 16.4. The number of halogens is 1. The third-order valence-electron chi connectivity index (χ3n) is 3.99. The molecule has 0 aliphatic carbocycles. The third kappa shape index (κ3) is 3.00. The van der Waals surface area contributed by atoms with E-state index in [2.05, 4.69) is 55.0 Å². The maximum absolute atomic E-state index is 13.7. The first kappa shape index (κ1) is 15.3. The van der Waals surface area contributed by atoms with Gasteiger partial charge >= 0.3 is 0 Å². The van der Waals surface area contributed by atoms with E-state index in [4.69, 9.17) is 0 Å². The molecule has 0 aliphatic heterocycles. The second-order valence-corrected chi connectivity index (χ2v) is 5.84. The van der Waals surface area contributed by atoms with Crippen molar-refractivity contribution < 1.29 is 4.39 Å². The lowest BCUT2D eigenvalue weighted by Gasteiger charge is -2.11. The number of aromatic nitrogens is 1. The van der Waals surface area contributed by atoms with Gasteiger partial charge in [0.25, 0.3) is 0 Å². The van der Waals surface area contributed by atoms with Crippen LogP contribution in [0.5, 0.6) is 0 Å². The van der Waals surface area contributed by atoms with Gasteiger partial charge in [0.15, 0.2) is 0 Å². The predicted molar refractivity (Wildman–Crippen MR) is 95.8 cm³/mol. The molecule has 0 atom stereocenters. The van der Waals surface area contributed by atoms with Gasteiger partial charge in [-0.05, 0) is 37.1 Å². The van der Waals surface area contributed by atoms with Crippen molar-refractivity contribution in [3.05, 3.63) is 66.0 Å². The maximum atomic E-state index is 13.7. The van der Waals surface area contributed by atoms with Crippen LogP contribution in [-0.2, 0) is 0 Å². The minimum Gasteiger partial charge on any atom is -0.385 e. The van der Waals surface area contributed by atoms with Gasteiger partial charge in [0.2, 0.25) is 0 Å². The van der Waals surface area contributed by atoms with Gasteiger partial charge in [-0.3, -0.25) is 0 Å². The molecule has 2 nitrogen and oxygen atoms in total. The fraction of sp³-hybridized carbons (Fsp3) is 0.200. The van der Waals surface area contributed by atoms with Crippen LogP contribution in [0.15, 0.2) is 49.0 Å². The van der Waals surface area contributed by atoms with Gasteiger partial charge in [-0.15, -0.1) is 0 Å². The number of benzene rings is 2. The van der Waals surface area contributed by atoms with Crippen LogP contribution >= 0.6 is 0 Å². The Morgan fingerprint density at radius 1 is 1.17 bits per heavy atom. The summed E-state index contributed by atoms with van der Waals surface area (Å²) >= 11 is 0. The van der Waals surface area contributed by atoms with Crippen LogP contribution in [-0.4, -0.2) is 11.5 Å². The average Bonchev–Trinajstić information content (AvgIpc) is 2.91. The van der Waals surface area contributed by atoms with E-state index in [-0.39, 0.29) is 5.82 Å². The minimum absolute atomic E-state index is 0.239. The van der Waals surface area contributed by atoms with Crippen molar-refractivity contribution in [3.63, 3.8) is 0 Å². The molecule has 3 heteroatoms. The Morgan fingerprint density at radius 3 is 2.61 bits per heavy atom. The largest absolute Gasteiger partial charge is 0.385 e. The highest BCUT2D eigenvalue weighted by molar-refractivity contribution is 5.99. The van der Waals surface area contributed by atoms with Gasteiger partial charge in [0.1, 0.15) is 5.82 Å². The lowest BCUT2D eigenvalue weighted by Crippen LogP contribution is -2.12. The molecule has 23 heavy (non-hydrogen) atoms. The number of aromatic amines is 1. The lowest BCUT2D eigenvalue weighted by atomic mass is 10.0. The molecule has 0 amide bonds. The second kappa shape index (κ2) is 6.29. The molecule has 3 aromatic rings. The zero-order valence-electron chi connectivity index (χ0n) is 13.5. The molecule has 0 fully saturated rings. The number of hydrogen-bond donors (Lipinski definition) is 2. The van der Waals surface area contributed by atoms with Crippen LogP contribution in [0.2, 0.25) is 0 Å². The van der Waals surface area contributed by atoms with Gasteiger partial charge in [-0.25, -0.2) is 4.39 Å². The van der Waals surface area contributed by atoms with Crippen LogP contribution in [0, 0.1) is 12.7 Å². The Kier molecular flexibility index (Phi) is 4.20. The number of fused-ring (bicyclic) bond motifs is 1. The summed E-state index contributed by atoms with van der Waals surface area (Å²) in [6.07, 6.45) is 1.01. The van der Waals surface area contributed by atoms with Crippen molar-refractivity contribution in [3.8, 4) is 11.3 Å². The summed E-state index contributed by atoms with van der Waals surface area (Å²) in [4.78, 5) is 3.42. The molecule has 0 saturated heterocycles. The molecule has 0 saturated carbocycles. The van der Waals surface area contributed by atoms with Crippen LogP contribution in [0.25, 0.3) is 27.9 Å². The molecular weight excluding hydrogens is 287 g/mol. The number of nitrogens with one attached hydrogen (secondary N) is 2. The van der Waals surface area contributed by atoms with E-state index in [9.17, 15) is 4.39 Å². The highest BCUT2D eigenvalue weighted by Crippen LogP contribution is 2.34. The molecule has 2 N–H and O–H groups in total. The van der Waals surface area contributed by atoms with Crippen LogP contribution in [0.4, 0.5) is 4.39 Å². The van der Waals surface area contributed by atoms with E-state index in [1.807, 2.05) is 0 Å². The van der Waals surface area contributed by atoms with E-state index in [0.29, 0.717) is 0 Å². The monoisotopic (exact) mass is 308 g/mol. The number of H-pyrrole nitrogens is 1. The average molecular weight is 308 g/mol. The van der Waals surface area contributed by atoms with Gasteiger partial charge in [-0.2, -0.15) is 0 Å². The molecule has 1 heterocycles. The van der Waals surface area contributed by atoms with E-state index in [1.165, 1.54) is 11.6 Å². The summed E-state index contributed by atoms with van der Waals surface area (Å²) in [5.41, 5.74) is 5.92. The normalized spacial score (nSPS) is 10.9. The standard InChI is InChI=1S/C20H21FN2/c1-4-11-22-14(3)19-17-12-16(21)9-10-18(17)23-20(19)15-7-5-13(2)6-8-15/h5-10,12,22-23H,3-4,11H2,1-2H3. The summed E-state index contributed by atoms with van der Waals surface area (Å²) in [5, 5.41) is 4.19. The minimum atomic E-state index is -0.239. The molecule has 3 rings (SSSR count). The Bertz CT molecular complexity index is 844. The van der Waals surface area contributed by atoms with Crippen molar-refractivity contribution in [2.45, 2.75) is 20.3 Å². The molecule has 0 radical (unpaired) electrons. The van der Waals surface area contributed by atoms with Gasteiger partial charge < -0.3 is 10.3 Å². The molecule has 0 aliphatic rings. The van der Waals surface area contributed by atoms with Crippen LogP contribution in [0.3, 0.4) is 0 Å². The van der Waals surface area contributed by atoms with E-state index in [0.717, 1.165) is 46.4 Å². The van der Waals surface area contributed by atoms with Gasteiger partial charge in [0.05, 0.1) is 5.69 Å². The molecule has 0 bridgehead atoms. The summed E-state index contributed by atoms with van der Waals surface area (Å²) in [5.74, 6) is -0.239. The molecule has 2 aromatic carbocycles. The molecule has 0 unspecified atom stereocenters. The fourth-order valence-corrected chi connectivity index (χ4v) is 2.78. The number of rotatable bonds is 5. The van der Waals surface area contributed by atoms with Gasteiger partial charge in [-0.1, -0.05) is 43.3 Å². The van der Waals surface area contributed by atoms with Crippen molar-refractivity contribution in [2.75, 3.05) is 6.54 Å². The highest BCUT2D eigenvalue weighted by atomic mass is 19.1. The lowest BCUT2D eigenvalue weighted by molar-refractivity contribution is 0.629. The fourth-order valence-electron chi connectivity index (χ4n) is 2.78. The summed E-state index contributed by atoms with van der Waals surface area (Å²) < 4.78 is 13.7. The molecule has 118 valence electrons. The number of aryl methyl sites for hydroxylation is 1. The summed E-state index contributed by atoms with van der Waals surface area (Å²) in [7, 11) is 0. The highest BCUT2D eigenvalue weighted by Gasteiger charge is 2.16. The quantitative estimate of drug-likeness (QED) is 0.661. The Morgan fingerprint density at radius 2 is 1.91 bits per heavy atom. The summed E-state index contributed by atoms with van der Waals surface area (Å²) in [6.45, 7) is 9.18. The smallest absolute Gasteiger partial charge is 0.123 e. The van der Waals surface area contributed by atoms with Crippen molar-refractivity contribution in [1.82, 2.24) is 10.3 Å².